The van der Waals surface area contributed by atoms with Gasteiger partial charge in [-0.15, -0.1) is 11.3 Å². The number of piperazine rings is 1. The molecule has 1 amide bonds. The highest BCUT2D eigenvalue weighted by Crippen LogP contribution is 2.33. The molecule has 6 nitrogen and oxygen atoms in total. The molecule has 1 spiro atoms. The Hall–Kier alpha value is -1.18. The van der Waals surface area contributed by atoms with Crippen molar-refractivity contribution in [3.05, 3.63) is 11.1 Å². The minimum absolute atomic E-state index is 0.133. The van der Waals surface area contributed by atoms with E-state index in [1.165, 1.54) is 4.88 Å². The number of likely N-dealkylation sites (tertiary alicyclic amines) is 1. The van der Waals surface area contributed by atoms with Gasteiger partial charge in [-0.3, -0.25) is 14.6 Å². The highest BCUT2D eigenvalue weighted by Gasteiger charge is 2.41. The van der Waals surface area contributed by atoms with Crippen molar-refractivity contribution < 1.29 is 4.79 Å². The first-order valence-corrected chi connectivity index (χ1v) is 9.51. The van der Waals surface area contributed by atoms with E-state index in [4.69, 9.17) is 0 Å². The third-order valence-corrected chi connectivity index (χ3v) is 6.68. The second kappa shape index (κ2) is 6.98. The molecule has 0 N–H and O–H groups in total. The van der Waals surface area contributed by atoms with Crippen LogP contribution in [-0.2, 0) is 11.3 Å². The summed E-state index contributed by atoms with van der Waals surface area (Å²) in [6, 6.07) is 0. The van der Waals surface area contributed by atoms with Gasteiger partial charge in [0.1, 0.15) is 0 Å². The van der Waals surface area contributed by atoms with E-state index >= 15 is 0 Å². The molecule has 0 aromatic carbocycles. The van der Waals surface area contributed by atoms with Crippen LogP contribution in [0.15, 0.2) is 6.20 Å². The van der Waals surface area contributed by atoms with Crippen LogP contribution in [0.5, 0.6) is 0 Å². The van der Waals surface area contributed by atoms with Crippen LogP contribution in [0.25, 0.3) is 0 Å². The largest absolute Gasteiger partial charge is 0.354 e. The molecule has 0 saturated carbocycles. The molecule has 0 radical (unpaired) electrons. The molecule has 1 unspecified atom stereocenters. The average Bonchev–Trinajstić information content (AvgIpc) is 2.97. The summed E-state index contributed by atoms with van der Waals surface area (Å²) >= 11 is 1.77. The SMILES string of the molecule is CN1CCC2(CCC1=O)CN(Cc1cnc(N(C)C)s1)CCN2C. The Morgan fingerprint density at radius 3 is 2.75 bits per heavy atom. The zero-order valence-corrected chi connectivity index (χ0v) is 16.1. The van der Waals surface area contributed by atoms with Gasteiger partial charge in [-0.25, -0.2) is 4.98 Å². The minimum Gasteiger partial charge on any atom is -0.354 e. The Morgan fingerprint density at radius 2 is 2.04 bits per heavy atom. The Labute approximate surface area is 149 Å². The lowest BCUT2D eigenvalue weighted by Crippen LogP contribution is -2.60. The average molecular weight is 352 g/mol. The lowest BCUT2D eigenvalue weighted by molar-refractivity contribution is -0.129. The summed E-state index contributed by atoms with van der Waals surface area (Å²) in [5.74, 6) is 0.287. The molecule has 2 fully saturated rings. The minimum atomic E-state index is 0.133. The number of hydrogen-bond acceptors (Lipinski definition) is 6. The van der Waals surface area contributed by atoms with Crippen LogP contribution in [0.3, 0.4) is 0 Å². The number of hydrogen-bond donors (Lipinski definition) is 0. The number of aromatic nitrogens is 1. The number of rotatable bonds is 3. The monoisotopic (exact) mass is 351 g/mol. The van der Waals surface area contributed by atoms with Gasteiger partial charge < -0.3 is 9.80 Å². The molecule has 3 rings (SSSR count). The summed E-state index contributed by atoms with van der Waals surface area (Å²) in [4.78, 5) is 26.9. The van der Waals surface area contributed by atoms with E-state index in [9.17, 15) is 4.79 Å². The van der Waals surface area contributed by atoms with E-state index in [1.807, 2.05) is 32.2 Å². The molecule has 0 aliphatic carbocycles. The number of carbonyl (C=O) groups is 1. The molecule has 2 aliphatic heterocycles. The smallest absolute Gasteiger partial charge is 0.222 e. The normalized spacial score (nSPS) is 26.8. The zero-order chi connectivity index (χ0) is 17.3. The van der Waals surface area contributed by atoms with Gasteiger partial charge in [0.2, 0.25) is 5.91 Å². The Morgan fingerprint density at radius 1 is 1.25 bits per heavy atom. The maximum atomic E-state index is 12.1. The van der Waals surface area contributed by atoms with E-state index in [0.717, 1.165) is 50.7 Å². The quantitative estimate of drug-likeness (QED) is 0.822. The summed E-state index contributed by atoms with van der Waals surface area (Å²) in [6.07, 6.45) is 4.71. The van der Waals surface area contributed by atoms with E-state index in [1.54, 1.807) is 11.3 Å². The predicted octanol–water partition coefficient (Wildman–Crippen LogP) is 1.34. The van der Waals surface area contributed by atoms with Crippen LogP contribution in [-0.4, -0.2) is 85.5 Å². The Kier molecular flexibility index (Phi) is 5.13. The van der Waals surface area contributed by atoms with Crippen molar-refractivity contribution in [2.24, 2.45) is 0 Å². The third kappa shape index (κ3) is 3.58. The van der Waals surface area contributed by atoms with Gasteiger partial charge >= 0.3 is 0 Å². The number of anilines is 1. The van der Waals surface area contributed by atoms with Gasteiger partial charge in [0.15, 0.2) is 5.13 Å². The van der Waals surface area contributed by atoms with Gasteiger partial charge in [0, 0.05) is 76.9 Å². The molecule has 2 aliphatic rings. The molecule has 7 heteroatoms. The van der Waals surface area contributed by atoms with Gasteiger partial charge in [0.25, 0.3) is 0 Å². The van der Waals surface area contributed by atoms with E-state index in [0.29, 0.717) is 6.42 Å². The van der Waals surface area contributed by atoms with Crippen molar-refractivity contribution in [3.63, 3.8) is 0 Å². The number of thiazole rings is 1. The summed E-state index contributed by atoms with van der Waals surface area (Å²) in [5, 5.41) is 1.07. The van der Waals surface area contributed by atoms with Crippen molar-refractivity contribution >= 4 is 22.4 Å². The van der Waals surface area contributed by atoms with Crippen molar-refractivity contribution in [3.8, 4) is 0 Å². The lowest BCUT2D eigenvalue weighted by Gasteiger charge is -2.49. The molecule has 0 bridgehead atoms. The first kappa shape index (κ1) is 17.6. The van der Waals surface area contributed by atoms with Crippen LogP contribution in [0, 0.1) is 0 Å². The zero-order valence-electron chi connectivity index (χ0n) is 15.3. The fraction of sp³-hybridized carbons (Fsp3) is 0.765. The molecular formula is C17H29N5OS. The second-order valence-corrected chi connectivity index (χ2v) is 8.52. The number of amides is 1. The van der Waals surface area contributed by atoms with Crippen LogP contribution in [0.4, 0.5) is 5.13 Å². The van der Waals surface area contributed by atoms with Gasteiger partial charge in [-0.2, -0.15) is 0 Å². The fourth-order valence-electron chi connectivity index (χ4n) is 3.77. The van der Waals surface area contributed by atoms with E-state index in [2.05, 4.69) is 26.7 Å². The fourth-order valence-corrected chi connectivity index (χ4v) is 4.65. The Balaban J connectivity index is 1.69. The van der Waals surface area contributed by atoms with Crippen LogP contribution in [0.1, 0.15) is 24.1 Å². The number of nitrogens with zero attached hydrogens (tertiary/aromatic N) is 5. The van der Waals surface area contributed by atoms with Gasteiger partial charge in [0.05, 0.1) is 0 Å². The molecule has 1 atom stereocenters. The maximum Gasteiger partial charge on any atom is 0.222 e. The van der Waals surface area contributed by atoms with Crippen LogP contribution in [0.2, 0.25) is 0 Å². The summed E-state index contributed by atoms with van der Waals surface area (Å²) < 4.78 is 0. The van der Waals surface area contributed by atoms with Crippen molar-refractivity contribution in [2.75, 3.05) is 59.3 Å². The van der Waals surface area contributed by atoms with Crippen LogP contribution >= 0.6 is 11.3 Å². The number of carbonyl (C=O) groups excluding carboxylic acids is 1. The highest BCUT2D eigenvalue weighted by atomic mass is 32.1. The topological polar surface area (TPSA) is 42.9 Å². The van der Waals surface area contributed by atoms with Crippen molar-refractivity contribution in [1.82, 2.24) is 19.7 Å². The first-order valence-electron chi connectivity index (χ1n) is 8.69. The van der Waals surface area contributed by atoms with E-state index in [-0.39, 0.29) is 11.4 Å². The molecule has 24 heavy (non-hydrogen) atoms. The molecule has 3 heterocycles. The highest BCUT2D eigenvalue weighted by molar-refractivity contribution is 7.15. The van der Waals surface area contributed by atoms with Gasteiger partial charge in [-0.05, 0) is 19.9 Å². The molecule has 134 valence electrons. The van der Waals surface area contributed by atoms with Gasteiger partial charge in [-0.1, -0.05) is 0 Å². The number of likely N-dealkylation sites (N-methyl/N-ethyl adjacent to an activating group) is 1. The molecule has 2 saturated heterocycles. The van der Waals surface area contributed by atoms with E-state index < -0.39 is 0 Å². The standard InChI is InChI=1S/C17H29N5OS/c1-19(2)16-18-11-14(24-16)12-22-10-9-21(4)17(13-22)6-5-15(23)20(3)8-7-17/h11H,5-10,12-13H2,1-4H3. The third-order valence-electron chi connectivity index (χ3n) is 5.53. The summed E-state index contributed by atoms with van der Waals surface area (Å²) in [7, 11) is 8.23. The summed E-state index contributed by atoms with van der Waals surface area (Å²) in [6.45, 7) is 5.02. The lowest BCUT2D eigenvalue weighted by atomic mass is 9.86. The molecule has 1 aromatic rings. The maximum absolute atomic E-state index is 12.1. The predicted molar refractivity (Wildman–Crippen MR) is 98.6 cm³/mol. The van der Waals surface area contributed by atoms with Crippen molar-refractivity contribution in [2.45, 2.75) is 31.3 Å². The second-order valence-electron chi connectivity index (χ2n) is 7.43. The van der Waals surface area contributed by atoms with Crippen LogP contribution < -0.4 is 4.90 Å². The van der Waals surface area contributed by atoms with Crippen molar-refractivity contribution in [1.29, 1.82) is 0 Å². The molecule has 1 aromatic heterocycles. The molecular weight excluding hydrogens is 322 g/mol. The summed E-state index contributed by atoms with van der Waals surface area (Å²) in [5.41, 5.74) is 0.133. The Bertz CT molecular complexity index is 589. The first-order chi connectivity index (χ1) is 11.4.